The second kappa shape index (κ2) is 6.43. The lowest BCUT2D eigenvalue weighted by molar-refractivity contribution is 0.0945. The highest BCUT2D eigenvalue weighted by Crippen LogP contribution is 2.31. The van der Waals surface area contributed by atoms with Gasteiger partial charge < -0.3 is 16.4 Å². The van der Waals surface area contributed by atoms with Crippen LogP contribution < -0.4 is 16.4 Å². The van der Waals surface area contributed by atoms with Crippen LogP contribution in [0.4, 0.5) is 10.8 Å². The van der Waals surface area contributed by atoms with Crippen LogP contribution in [0.5, 0.6) is 0 Å². The maximum absolute atomic E-state index is 12.2. The van der Waals surface area contributed by atoms with E-state index in [4.69, 9.17) is 5.73 Å². The fraction of sp³-hybridized carbons (Fsp3) is 0.714. The summed E-state index contributed by atoms with van der Waals surface area (Å²) in [4.78, 5) is 12.2. The first-order chi connectivity index (χ1) is 9.15. The minimum atomic E-state index is -0.170. The molecule has 4 N–H and O–H groups in total. The predicted octanol–water partition coefficient (Wildman–Crippen LogP) is 2.96. The SMILES string of the molecule is CC(C)NC(=O)c1c(N)nsc1NCC(C)(C)C(C)C. The molecule has 0 fully saturated rings. The third-order valence-electron chi connectivity index (χ3n) is 3.63. The van der Waals surface area contributed by atoms with Crippen molar-refractivity contribution in [2.24, 2.45) is 11.3 Å². The number of nitrogen functional groups attached to an aromatic ring is 1. The molecule has 1 heterocycles. The molecule has 0 aliphatic heterocycles. The second-order valence-corrected chi connectivity index (χ2v) is 7.17. The Balaban J connectivity index is 2.85. The van der Waals surface area contributed by atoms with E-state index in [2.05, 4.69) is 42.7 Å². The molecule has 20 heavy (non-hydrogen) atoms. The summed E-state index contributed by atoms with van der Waals surface area (Å²) < 4.78 is 4.09. The van der Waals surface area contributed by atoms with Crippen molar-refractivity contribution in [3.8, 4) is 0 Å². The molecular formula is C14H26N4OS. The smallest absolute Gasteiger partial charge is 0.258 e. The molecule has 1 aromatic heterocycles. The van der Waals surface area contributed by atoms with Gasteiger partial charge in [-0.2, -0.15) is 4.37 Å². The van der Waals surface area contributed by atoms with Crippen LogP contribution in [-0.4, -0.2) is 22.9 Å². The molecule has 0 unspecified atom stereocenters. The van der Waals surface area contributed by atoms with E-state index >= 15 is 0 Å². The highest BCUT2D eigenvalue weighted by molar-refractivity contribution is 7.11. The summed E-state index contributed by atoms with van der Waals surface area (Å²) in [5.41, 5.74) is 6.41. The van der Waals surface area contributed by atoms with Gasteiger partial charge >= 0.3 is 0 Å². The van der Waals surface area contributed by atoms with E-state index in [0.29, 0.717) is 11.5 Å². The first-order valence-corrected chi connectivity index (χ1v) is 7.72. The molecule has 114 valence electrons. The van der Waals surface area contributed by atoms with E-state index in [0.717, 1.165) is 11.5 Å². The van der Waals surface area contributed by atoms with Gasteiger partial charge in [0.05, 0.1) is 0 Å². The Morgan fingerprint density at radius 2 is 1.95 bits per heavy atom. The highest BCUT2D eigenvalue weighted by atomic mass is 32.1. The van der Waals surface area contributed by atoms with Crippen molar-refractivity contribution in [2.75, 3.05) is 17.6 Å². The maximum Gasteiger partial charge on any atom is 0.258 e. The standard InChI is InChI=1S/C14H26N4OS/c1-8(2)14(5,6)7-16-13-10(11(15)18-20-13)12(19)17-9(3)4/h8-9,16H,7H2,1-6H3,(H2,15,18)(H,17,19). The first kappa shape index (κ1) is 16.8. The molecule has 0 aromatic carbocycles. The van der Waals surface area contributed by atoms with E-state index in [9.17, 15) is 4.79 Å². The molecule has 0 atom stereocenters. The number of hydrogen-bond donors (Lipinski definition) is 3. The summed E-state index contributed by atoms with van der Waals surface area (Å²) in [6.45, 7) is 13.4. The van der Waals surface area contributed by atoms with Crippen LogP contribution >= 0.6 is 11.5 Å². The number of nitrogens with one attached hydrogen (secondary N) is 2. The molecule has 1 rings (SSSR count). The van der Waals surface area contributed by atoms with Gasteiger partial charge in [0.25, 0.3) is 5.91 Å². The Kier molecular flexibility index (Phi) is 5.39. The quantitative estimate of drug-likeness (QED) is 0.754. The molecule has 6 heteroatoms. The largest absolute Gasteiger partial charge is 0.382 e. The molecule has 0 bridgehead atoms. The van der Waals surface area contributed by atoms with Gasteiger partial charge in [0.15, 0.2) is 5.82 Å². The number of nitrogens with zero attached hydrogens (tertiary/aromatic N) is 1. The summed E-state index contributed by atoms with van der Waals surface area (Å²) in [7, 11) is 0. The lowest BCUT2D eigenvalue weighted by Gasteiger charge is -2.29. The summed E-state index contributed by atoms with van der Waals surface area (Å²) in [5.74, 6) is 0.655. The zero-order valence-electron chi connectivity index (χ0n) is 13.2. The van der Waals surface area contributed by atoms with Gasteiger partial charge in [-0.25, -0.2) is 0 Å². The lowest BCUT2D eigenvalue weighted by Crippen LogP contribution is -2.32. The van der Waals surface area contributed by atoms with Crippen molar-refractivity contribution < 1.29 is 4.79 Å². The minimum absolute atomic E-state index is 0.0711. The normalized spacial score (nSPS) is 12.0. The zero-order chi connectivity index (χ0) is 15.5. The van der Waals surface area contributed by atoms with E-state index in [1.165, 1.54) is 11.5 Å². The number of nitrogens with two attached hydrogens (primary N) is 1. The van der Waals surface area contributed by atoms with Gasteiger partial charge in [-0.15, -0.1) is 0 Å². The number of rotatable bonds is 6. The molecule has 0 aliphatic carbocycles. The number of hydrogen-bond acceptors (Lipinski definition) is 5. The van der Waals surface area contributed by atoms with Crippen LogP contribution in [0.3, 0.4) is 0 Å². The number of anilines is 2. The van der Waals surface area contributed by atoms with Crippen molar-refractivity contribution in [1.82, 2.24) is 9.69 Å². The summed E-state index contributed by atoms with van der Waals surface area (Å²) in [5, 5.41) is 6.92. The topological polar surface area (TPSA) is 80.0 Å². The van der Waals surface area contributed by atoms with E-state index < -0.39 is 0 Å². The van der Waals surface area contributed by atoms with Crippen molar-refractivity contribution in [2.45, 2.75) is 47.6 Å². The monoisotopic (exact) mass is 298 g/mol. The van der Waals surface area contributed by atoms with Gasteiger partial charge in [0.1, 0.15) is 10.6 Å². The van der Waals surface area contributed by atoms with Crippen molar-refractivity contribution >= 4 is 28.3 Å². The number of carbonyl (C=O) groups excluding carboxylic acids is 1. The van der Waals surface area contributed by atoms with Crippen LogP contribution in [0.25, 0.3) is 0 Å². The summed E-state index contributed by atoms with van der Waals surface area (Å²) >= 11 is 1.24. The van der Waals surface area contributed by atoms with Crippen LogP contribution in [0.2, 0.25) is 0 Å². The number of carbonyl (C=O) groups is 1. The lowest BCUT2D eigenvalue weighted by atomic mass is 9.81. The fourth-order valence-electron chi connectivity index (χ4n) is 1.49. The molecule has 0 saturated carbocycles. The van der Waals surface area contributed by atoms with Crippen LogP contribution in [-0.2, 0) is 0 Å². The third-order valence-corrected chi connectivity index (χ3v) is 4.45. The average Bonchev–Trinajstić information content (AvgIpc) is 2.67. The summed E-state index contributed by atoms with van der Waals surface area (Å²) in [6, 6.07) is 0.0711. The Labute approximate surface area is 125 Å². The van der Waals surface area contributed by atoms with E-state index in [1.807, 2.05) is 13.8 Å². The first-order valence-electron chi connectivity index (χ1n) is 6.95. The van der Waals surface area contributed by atoms with Gasteiger partial charge in [-0.3, -0.25) is 4.79 Å². The van der Waals surface area contributed by atoms with Crippen molar-refractivity contribution in [3.63, 3.8) is 0 Å². The predicted molar refractivity (Wildman–Crippen MR) is 86.2 cm³/mol. The van der Waals surface area contributed by atoms with Gasteiger partial charge in [0, 0.05) is 12.6 Å². The highest BCUT2D eigenvalue weighted by Gasteiger charge is 2.25. The summed E-state index contributed by atoms with van der Waals surface area (Å²) in [6.07, 6.45) is 0. The third kappa shape index (κ3) is 4.10. The molecular weight excluding hydrogens is 272 g/mol. The second-order valence-electron chi connectivity index (χ2n) is 6.40. The molecule has 0 aliphatic rings. The van der Waals surface area contributed by atoms with Gasteiger partial charge in [-0.05, 0) is 36.7 Å². The van der Waals surface area contributed by atoms with Crippen LogP contribution in [0.1, 0.15) is 51.9 Å². The Bertz CT molecular complexity index is 466. The Morgan fingerprint density at radius 3 is 2.45 bits per heavy atom. The zero-order valence-corrected chi connectivity index (χ0v) is 14.0. The molecule has 1 aromatic rings. The Morgan fingerprint density at radius 1 is 1.35 bits per heavy atom. The van der Waals surface area contributed by atoms with Crippen LogP contribution in [0, 0.1) is 11.3 Å². The van der Waals surface area contributed by atoms with Crippen molar-refractivity contribution in [3.05, 3.63) is 5.56 Å². The number of aromatic nitrogens is 1. The molecule has 0 spiro atoms. The van der Waals surface area contributed by atoms with E-state index in [-0.39, 0.29) is 23.2 Å². The molecule has 5 nitrogen and oxygen atoms in total. The average molecular weight is 298 g/mol. The minimum Gasteiger partial charge on any atom is -0.382 e. The van der Waals surface area contributed by atoms with Crippen LogP contribution in [0.15, 0.2) is 0 Å². The molecule has 0 saturated heterocycles. The molecule has 1 amide bonds. The van der Waals surface area contributed by atoms with Gasteiger partial charge in [-0.1, -0.05) is 27.7 Å². The van der Waals surface area contributed by atoms with E-state index in [1.54, 1.807) is 0 Å². The van der Waals surface area contributed by atoms with Crippen molar-refractivity contribution in [1.29, 1.82) is 0 Å². The Hall–Kier alpha value is -1.30. The van der Waals surface area contributed by atoms with Gasteiger partial charge in [0.2, 0.25) is 0 Å². The fourth-order valence-corrected chi connectivity index (χ4v) is 2.20. The number of amides is 1. The maximum atomic E-state index is 12.2. The molecule has 0 radical (unpaired) electrons.